The molecule has 17 heavy (non-hydrogen) atoms. The summed E-state index contributed by atoms with van der Waals surface area (Å²) < 4.78 is 1.73. The lowest BCUT2D eigenvalue weighted by molar-refractivity contribution is 0.683. The molecule has 3 aromatic rings. The number of H-pyrrole nitrogens is 1. The quantitative estimate of drug-likeness (QED) is 0.709. The monoisotopic (exact) mass is 228 g/mol. The standard InChI is InChI=1S/C11H12N6/c1-17-8(7-13-16-17)6-12-11-14-9-4-2-3-5-10(9)15-11/h2-5,7H,6H2,1H3,(H2,12,14,15). The van der Waals surface area contributed by atoms with Gasteiger partial charge in [0.1, 0.15) is 0 Å². The number of fused-ring (bicyclic) bond motifs is 1. The van der Waals surface area contributed by atoms with Gasteiger partial charge >= 0.3 is 0 Å². The minimum Gasteiger partial charge on any atom is -0.350 e. The molecule has 0 aliphatic carbocycles. The SMILES string of the molecule is Cn1nncc1CNc1nc2ccccc2[nH]1. The van der Waals surface area contributed by atoms with Crippen molar-refractivity contribution in [3.63, 3.8) is 0 Å². The summed E-state index contributed by atoms with van der Waals surface area (Å²) in [5.41, 5.74) is 2.99. The maximum atomic E-state index is 4.43. The second-order valence-electron chi connectivity index (χ2n) is 3.81. The van der Waals surface area contributed by atoms with Gasteiger partial charge < -0.3 is 10.3 Å². The first-order valence-electron chi connectivity index (χ1n) is 5.35. The number of aromatic nitrogens is 5. The first-order valence-corrected chi connectivity index (χ1v) is 5.35. The van der Waals surface area contributed by atoms with Crippen molar-refractivity contribution < 1.29 is 0 Å². The highest BCUT2D eigenvalue weighted by atomic mass is 15.4. The Morgan fingerprint density at radius 3 is 3.00 bits per heavy atom. The van der Waals surface area contributed by atoms with Crippen molar-refractivity contribution in [1.82, 2.24) is 25.0 Å². The molecule has 2 heterocycles. The van der Waals surface area contributed by atoms with E-state index < -0.39 is 0 Å². The Labute approximate surface area is 97.7 Å². The van der Waals surface area contributed by atoms with Gasteiger partial charge in [0.25, 0.3) is 0 Å². The van der Waals surface area contributed by atoms with Crippen LogP contribution in [0.5, 0.6) is 0 Å². The first-order chi connectivity index (χ1) is 8.33. The Balaban J connectivity index is 1.79. The summed E-state index contributed by atoms with van der Waals surface area (Å²) in [5, 5.41) is 10.9. The van der Waals surface area contributed by atoms with Crippen LogP contribution in [0, 0.1) is 0 Å². The van der Waals surface area contributed by atoms with E-state index in [0.29, 0.717) is 6.54 Å². The largest absolute Gasteiger partial charge is 0.350 e. The summed E-state index contributed by atoms with van der Waals surface area (Å²) in [6.45, 7) is 0.642. The predicted octanol–water partition coefficient (Wildman–Crippen LogP) is 1.30. The maximum Gasteiger partial charge on any atom is 0.201 e. The van der Waals surface area contributed by atoms with Gasteiger partial charge in [-0.05, 0) is 12.1 Å². The molecular formula is C11H12N6. The minimum atomic E-state index is 0.642. The number of nitrogens with zero attached hydrogens (tertiary/aromatic N) is 4. The summed E-state index contributed by atoms with van der Waals surface area (Å²) in [5.74, 6) is 0.757. The third-order valence-corrected chi connectivity index (χ3v) is 2.63. The van der Waals surface area contributed by atoms with E-state index >= 15 is 0 Å². The predicted molar refractivity (Wildman–Crippen MR) is 64.4 cm³/mol. The molecule has 0 saturated heterocycles. The van der Waals surface area contributed by atoms with Gasteiger partial charge in [0.15, 0.2) is 0 Å². The van der Waals surface area contributed by atoms with E-state index in [1.54, 1.807) is 10.9 Å². The summed E-state index contributed by atoms with van der Waals surface area (Å²) in [4.78, 5) is 7.63. The van der Waals surface area contributed by atoms with E-state index in [2.05, 4.69) is 25.6 Å². The molecule has 2 N–H and O–H groups in total. The minimum absolute atomic E-state index is 0.642. The van der Waals surface area contributed by atoms with Crippen molar-refractivity contribution in [3.05, 3.63) is 36.2 Å². The number of aromatic amines is 1. The molecule has 86 valence electrons. The van der Waals surface area contributed by atoms with Gasteiger partial charge in [0.2, 0.25) is 5.95 Å². The Bertz CT molecular complexity index is 605. The molecule has 0 aliphatic heterocycles. The Kier molecular flexibility index (Phi) is 2.25. The highest BCUT2D eigenvalue weighted by Gasteiger charge is 2.03. The second kappa shape index (κ2) is 3.89. The summed E-state index contributed by atoms with van der Waals surface area (Å²) in [6.07, 6.45) is 1.73. The zero-order valence-corrected chi connectivity index (χ0v) is 9.38. The van der Waals surface area contributed by atoms with Crippen LogP contribution in [0.2, 0.25) is 0 Å². The fourth-order valence-corrected chi connectivity index (χ4v) is 1.68. The van der Waals surface area contributed by atoms with Crippen LogP contribution in [-0.2, 0) is 13.6 Å². The Morgan fingerprint density at radius 2 is 2.24 bits per heavy atom. The van der Waals surface area contributed by atoms with Crippen LogP contribution in [0.1, 0.15) is 5.69 Å². The van der Waals surface area contributed by atoms with E-state index in [9.17, 15) is 0 Å². The molecule has 0 radical (unpaired) electrons. The van der Waals surface area contributed by atoms with Crippen molar-refractivity contribution in [3.8, 4) is 0 Å². The van der Waals surface area contributed by atoms with Crippen LogP contribution in [0.25, 0.3) is 11.0 Å². The number of para-hydroxylation sites is 2. The number of rotatable bonds is 3. The molecule has 0 unspecified atom stereocenters. The van der Waals surface area contributed by atoms with E-state index in [0.717, 1.165) is 22.7 Å². The lowest BCUT2D eigenvalue weighted by Gasteiger charge is -2.01. The van der Waals surface area contributed by atoms with E-state index in [-0.39, 0.29) is 0 Å². The van der Waals surface area contributed by atoms with Gasteiger partial charge in [0, 0.05) is 7.05 Å². The van der Waals surface area contributed by atoms with Crippen molar-refractivity contribution in [2.24, 2.45) is 7.05 Å². The fourth-order valence-electron chi connectivity index (χ4n) is 1.68. The summed E-state index contributed by atoms with van der Waals surface area (Å²) >= 11 is 0. The van der Waals surface area contributed by atoms with Crippen LogP contribution in [0.4, 0.5) is 5.95 Å². The van der Waals surface area contributed by atoms with Gasteiger partial charge in [-0.15, -0.1) is 5.10 Å². The zero-order valence-electron chi connectivity index (χ0n) is 9.38. The molecule has 0 aliphatic rings. The van der Waals surface area contributed by atoms with Crippen LogP contribution in [0.15, 0.2) is 30.5 Å². The summed E-state index contributed by atoms with van der Waals surface area (Å²) in [7, 11) is 1.86. The van der Waals surface area contributed by atoms with Gasteiger partial charge in [0.05, 0.1) is 29.5 Å². The zero-order chi connectivity index (χ0) is 11.7. The molecule has 6 nitrogen and oxygen atoms in total. The summed E-state index contributed by atoms with van der Waals surface area (Å²) in [6, 6.07) is 7.93. The molecule has 0 fully saturated rings. The molecule has 0 bridgehead atoms. The van der Waals surface area contributed by atoms with Crippen LogP contribution < -0.4 is 5.32 Å². The van der Waals surface area contributed by atoms with Crippen molar-refractivity contribution >= 4 is 17.0 Å². The van der Waals surface area contributed by atoms with Crippen LogP contribution >= 0.6 is 0 Å². The number of anilines is 1. The average Bonchev–Trinajstić information content (AvgIpc) is 2.92. The van der Waals surface area contributed by atoms with Crippen LogP contribution in [0.3, 0.4) is 0 Å². The molecular weight excluding hydrogens is 216 g/mol. The van der Waals surface area contributed by atoms with Gasteiger partial charge in [-0.2, -0.15) is 0 Å². The maximum absolute atomic E-state index is 4.43. The van der Waals surface area contributed by atoms with Gasteiger partial charge in [-0.3, -0.25) is 4.68 Å². The normalized spacial score (nSPS) is 10.9. The lowest BCUT2D eigenvalue weighted by Crippen LogP contribution is -2.06. The topological polar surface area (TPSA) is 71.4 Å². The second-order valence-corrected chi connectivity index (χ2v) is 3.81. The Hall–Kier alpha value is -2.37. The highest BCUT2D eigenvalue weighted by molar-refractivity contribution is 5.77. The van der Waals surface area contributed by atoms with E-state index in [1.807, 2.05) is 31.3 Å². The fraction of sp³-hybridized carbons (Fsp3) is 0.182. The third kappa shape index (κ3) is 1.84. The lowest BCUT2D eigenvalue weighted by atomic mass is 10.3. The average molecular weight is 228 g/mol. The molecule has 0 amide bonds. The molecule has 0 saturated carbocycles. The number of hydrogen-bond acceptors (Lipinski definition) is 4. The molecule has 2 aromatic heterocycles. The van der Waals surface area contributed by atoms with E-state index in [1.165, 1.54) is 0 Å². The highest BCUT2D eigenvalue weighted by Crippen LogP contribution is 2.13. The molecule has 6 heteroatoms. The molecule has 3 rings (SSSR count). The molecule has 0 atom stereocenters. The van der Waals surface area contributed by atoms with Gasteiger partial charge in [-0.25, -0.2) is 4.98 Å². The van der Waals surface area contributed by atoms with Crippen molar-refractivity contribution in [1.29, 1.82) is 0 Å². The number of hydrogen-bond donors (Lipinski definition) is 2. The number of benzene rings is 1. The van der Waals surface area contributed by atoms with Crippen LogP contribution in [-0.4, -0.2) is 25.0 Å². The number of nitrogens with one attached hydrogen (secondary N) is 2. The third-order valence-electron chi connectivity index (χ3n) is 2.63. The van der Waals surface area contributed by atoms with Gasteiger partial charge in [-0.1, -0.05) is 17.3 Å². The van der Waals surface area contributed by atoms with Crippen molar-refractivity contribution in [2.75, 3.05) is 5.32 Å². The smallest absolute Gasteiger partial charge is 0.201 e. The Morgan fingerprint density at radius 1 is 1.35 bits per heavy atom. The number of aryl methyl sites for hydroxylation is 1. The first kappa shape index (κ1) is 9.83. The molecule has 1 aromatic carbocycles. The molecule has 0 spiro atoms. The van der Waals surface area contributed by atoms with Crippen molar-refractivity contribution in [2.45, 2.75) is 6.54 Å². The van der Waals surface area contributed by atoms with E-state index in [4.69, 9.17) is 0 Å². The number of imidazole rings is 1.